The molecule has 0 saturated heterocycles. The maximum Gasteiger partial charge on any atom is 0.273 e. The van der Waals surface area contributed by atoms with Gasteiger partial charge in [0.15, 0.2) is 5.16 Å². The number of rotatable bonds is 6. The predicted octanol–water partition coefficient (Wildman–Crippen LogP) is 2.27. The van der Waals surface area contributed by atoms with E-state index >= 15 is 0 Å². The van der Waals surface area contributed by atoms with E-state index in [0.717, 1.165) is 5.56 Å². The van der Waals surface area contributed by atoms with E-state index in [9.17, 15) is 9.59 Å². The average Bonchev–Trinajstić information content (AvgIpc) is 2.54. The van der Waals surface area contributed by atoms with Crippen LogP contribution in [0, 0.1) is 0 Å². The highest BCUT2D eigenvalue weighted by Crippen LogP contribution is 2.25. The van der Waals surface area contributed by atoms with Crippen molar-refractivity contribution in [3.63, 3.8) is 0 Å². The Morgan fingerprint density at radius 3 is 2.57 bits per heavy atom. The molecule has 0 bridgehead atoms. The van der Waals surface area contributed by atoms with Crippen LogP contribution in [0.1, 0.15) is 25.5 Å². The van der Waals surface area contributed by atoms with Crippen molar-refractivity contribution in [2.24, 2.45) is 0 Å². The smallest absolute Gasteiger partial charge is 0.273 e. The molecule has 1 amide bonds. The molecule has 1 heterocycles. The van der Waals surface area contributed by atoms with Gasteiger partial charge in [0.25, 0.3) is 5.56 Å². The molecule has 1 atom stereocenters. The lowest BCUT2D eigenvalue weighted by Crippen LogP contribution is -2.32. The van der Waals surface area contributed by atoms with E-state index in [1.54, 1.807) is 13.2 Å². The number of aromatic nitrogens is 2. The summed E-state index contributed by atoms with van der Waals surface area (Å²) in [6.45, 7) is 4.03. The second kappa shape index (κ2) is 7.97. The number of amides is 1. The van der Waals surface area contributed by atoms with E-state index in [1.165, 1.54) is 17.8 Å². The molecule has 1 aromatic carbocycles. The first kappa shape index (κ1) is 17.3. The first-order valence-electron chi connectivity index (χ1n) is 7.52. The van der Waals surface area contributed by atoms with E-state index in [1.807, 2.05) is 48.7 Å². The van der Waals surface area contributed by atoms with Crippen LogP contribution in [0.4, 0.5) is 0 Å². The summed E-state index contributed by atoms with van der Waals surface area (Å²) in [5.41, 5.74) is 0.780. The number of thioether (sulfide) groups is 1. The largest absolute Gasteiger partial charge is 0.358 e. The SMILES string of the molecule is CNC(=O)[C@@H](Cc1ccccc1)Sc1nc(=O)ccn1C(C)C. The Hall–Kier alpha value is -2.08. The monoisotopic (exact) mass is 331 g/mol. The summed E-state index contributed by atoms with van der Waals surface area (Å²) in [6, 6.07) is 11.4. The molecule has 122 valence electrons. The van der Waals surface area contributed by atoms with Gasteiger partial charge in [0.2, 0.25) is 5.91 Å². The van der Waals surface area contributed by atoms with Crippen LogP contribution in [0.2, 0.25) is 0 Å². The zero-order valence-electron chi connectivity index (χ0n) is 13.5. The summed E-state index contributed by atoms with van der Waals surface area (Å²) in [5, 5.41) is 2.91. The number of nitrogens with one attached hydrogen (secondary N) is 1. The fourth-order valence-electron chi connectivity index (χ4n) is 2.18. The van der Waals surface area contributed by atoms with E-state index in [0.29, 0.717) is 11.6 Å². The van der Waals surface area contributed by atoms with E-state index in [-0.39, 0.29) is 22.8 Å². The zero-order valence-corrected chi connectivity index (χ0v) is 14.3. The molecule has 23 heavy (non-hydrogen) atoms. The van der Waals surface area contributed by atoms with Gasteiger partial charge in [-0.3, -0.25) is 9.59 Å². The van der Waals surface area contributed by atoms with Gasteiger partial charge in [0.05, 0.1) is 5.25 Å². The van der Waals surface area contributed by atoms with E-state index in [2.05, 4.69) is 10.3 Å². The zero-order chi connectivity index (χ0) is 16.8. The van der Waals surface area contributed by atoms with Gasteiger partial charge in [-0.25, -0.2) is 0 Å². The molecule has 6 heteroatoms. The molecule has 0 spiro atoms. The Kier molecular flexibility index (Phi) is 5.98. The van der Waals surface area contributed by atoms with Crippen molar-refractivity contribution >= 4 is 17.7 Å². The van der Waals surface area contributed by atoms with Crippen LogP contribution < -0.4 is 10.9 Å². The summed E-state index contributed by atoms with van der Waals surface area (Å²) in [4.78, 5) is 27.9. The number of benzene rings is 1. The molecule has 0 radical (unpaired) electrons. The van der Waals surface area contributed by atoms with Gasteiger partial charge in [-0.05, 0) is 25.8 Å². The molecule has 1 aromatic heterocycles. The Bertz CT molecular complexity index is 713. The van der Waals surface area contributed by atoms with Crippen molar-refractivity contribution in [3.05, 3.63) is 58.5 Å². The minimum absolute atomic E-state index is 0.0766. The molecule has 0 aliphatic heterocycles. The summed E-state index contributed by atoms with van der Waals surface area (Å²) in [5.74, 6) is -0.0766. The molecule has 2 aromatic rings. The Morgan fingerprint density at radius 1 is 1.26 bits per heavy atom. The average molecular weight is 331 g/mol. The fraction of sp³-hybridized carbons (Fsp3) is 0.353. The predicted molar refractivity (Wildman–Crippen MR) is 92.7 cm³/mol. The van der Waals surface area contributed by atoms with Crippen molar-refractivity contribution in [1.29, 1.82) is 0 Å². The van der Waals surface area contributed by atoms with Gasteiger partial charge in [-0.1, -0.05) is 42.1 Å². The highest BCUT2D eigenvalue weighted by atomic mass is 32.2. The van der Waals surface area contributed by atoms with E-state index in [4.69, 9.17) is 0 Å². The molecule has 0 aliphatic carbocycles. The first-order chi connectivity index (χ1) is 11.0. The number of nitrogens with zero attached hydrogens (tertiary/aromatic N) is 2. The lowest BCUT2D eigenvalue weighted by molar-refractivity contribution is -0.120. The lowest BCUT2D eigenvalue weighted by Gasteiger charge is -2.19. The van der Waals surface area contributed by atoms with Gasteiger partial charge in [0, 0.05) is 25.4 Å². The van der Waals surface area contributed by atoms with Crippen LogP contribution in [0.25, 0.3) is 0 Å². The summed E-state index contributed by atoms with van der Waals surface area (Å²) in [7, 11) is 1.62. The van der Waals surface area contributed by atoms with Crippen molar-refractivity contribution < 1.29 is 4.79 Å². The maximum absolute atomic E-state index is 12.2. The Balaban J connectivity index is 2.29. The third-order valence-electron chi connectivity index (χ3n) is 3.41. The molecule has 0 aliphatic rings. The van der Waals surface area contributed by atoms with Crippen LogP contribution in [0.15, 0.2) is 52.5 Å². The molecular formula is C17H21N3O2S. The standard InChI is InChI=1S/C17H21N3O2S/c1-12(2)20-10-9-15(21)19-17(20)23-14(16(22)18-3)11-13-7-5-4-6-8-13/h4-10,12,14H,11H2,1-3H3,(H,18,22)/t14-/m1/s1. The minimum Gasteiger partial charge on any atom is -0.358 e. The van der Waals surface area contributed by atoms with Crippen molar-refractivity contribution in [2.45, 2.75) is 36.7 Å². The third kappa shape index (κ3) is 4.69. The van der Waals surface area contributed by atoms with Crippen LogP contribution in [0.5, 0.6) is 0 Å². The minimum atomic E-state index is -0.346. The lowest BCUT2D eigenvalue weighted by atomic mass is 10.1. The second-order valence-corrected chi connectivity index (χ2v) is 6.63. The summed E-state index contributed by atoms with van der Waals surface area (Å²) >= 11 is 1.33. The summed E-state index contributed by atoms with van der Waals surface area (Å²) < 4.78 is 1.91. The number of carbonyl (C=O) groups is 1. The van der Waals surface area contributed by atoms with Crippen molar-refractivity contribution in [2.75, 3.05) is 7.05 Å². The molecule has 0 unspecified atom stereocenters. The van der Waals surface area contributed by atoms with Crippen LogP contribution in [0.3, 0.4) is 0 Å². The molecule has 2 rings (SSSR count). The quantitative estimate of drug-likeness (QED) is 0.651. The van der Waals surface area contributed by atoms with Crippen LogP contribution >= 0.6 is 11.8 Å². The van der Waals surface area contributed by atoms with Crippen molar-refractivity contribution in [1.82, 2.24) is 14.9 Å². The fourth-order valence-corrected chi connectivity index (χ4v) is 3.47. The maximum atomic E-state index is 12.2. The molecule has 0 saturated carbocycles. The molecule has 0 fully saturated rings. The van der Waals surface area contributed by atoms with Gasteiger partial charge < -0.3 is 9.88 Å². The van der Waals surface area contributed by atoms with Crippen LogP contribution in [-0.4, -0.2) is 27.8 Å². The van der Waals surface area contributed by atoms with Gasteiger partial charge in [-0.15, -0.1) is 0 Å². The molecule has 1 N–H and O–H groups in total. The molecule has 5 nitrogen and oxygen atoms in total. The number of carbonyl (C=O) groups excluding carboxylic acids is 1. The second-order valence-electron chi connectivity index (χ2n) is 5.46. The topological polar surface area (TPSA) is 64.0 Å². The Labute approximate surface area is 140 Å². The van der Waals surface area contributed by atoms with Gasteiger partial charge in [0.1, 0.15) is 0 Å². The highest BCUT2D eigenvalue weighted by Gasteiger charge is 2.22. The normalized spacial score (nSPS) is 12.2. The van der Waals surface area contributed by atoms with Gasteiger partial charge >= 0.3 is 0 Å². The van der Waals surface area contributed by atoms with Crippen molar-refractivity contribution in [3.8, 4) is 0 Å². The van der Waals surface area contributed by atoms with E-state index < -0.39 is 0 Å². The van der Waals surface area contributed by atoms with Gasteiger partial charge in [-0.2, -0.15) is 4.98 Å². The third-order valence-corrected chi connectivity index (χ3v) is 4.59. The highest BCUT2D eigenvalue weighted by molar-refractivity contribution is 8.00. The number of hydrogen-bond donors (Lipinski definition) is 1. The number of hydrogen-bond acceptors (Lipinski definition) is 4. The Morgan fingerprint density at radius 2 is 1.96 bits per heavy atom. The summed E-state index contributed by atoms with van der Waals surface area (Å²) in [6.07, 6.45) is 2.31. The molecular weight excluding hydrogens is 310 g/mol. The van der Waals surface area contributed by atoms with Crippen LogP contribution in [-0.2, 0) is 11.2 Å². The first-order valence-corrected chi connectivity index (χ1v) is 8.40.